The van der Waals surface area contributed by atoms with Gasteiger partial charge in [-0.05, 0) is 66.2 Å². The van der Waals surface area contributed by atoms with Crippen molar-refractivity contribution in [2.45, 2.75) is 6.92 Å². The minimum Gasteiger partial charge on any atom is -0.497 e. The fourth-order valence-corrected chi connectivity index (χ4v) is 2.77. The summed E-state index contributed by atoms with van der Waals surface area (Å²) in [6, 6.07) is 17.3. The van der Waals surface area contributed by atoms with Crippen LogP contribution >= 0.6 is 0 Å². The molecule has 5 heteroatoms. The van der Waals surface area contributed by atoms with Crippen molar-refractivity contribution >= 4 is 22.4 Å². The first-order valence-electron chi connectivity index (χ1n) is 8.37. The van der Waals surface area contributed by atoms with Gasteiger partial charge in [0.15, 0.2) is 6.61 Å². The largest absolute Gasteiger partial charge is 0.497 e. The second-order valence-electron chi connectivity index (χ2n) is 5.78. The van der Waals surface area contributed by atoms with Crippen molar-refractivity contribution in [1.29, 1.82) is 0 Å². The fraction of sp³-hybridized carbons (Fsp3) is 0.190. The van der Waals surface area contributed by atoms with Crippen LogP contribution in [0.3, 0.4) is 0 Å². The predicted octanol–water partition coefficient (Wildman–Crippen LogP) is 4.42. The van der Waals surface area contributed by atoms with E-state index in [-0.39, 0.29) is 18.3 Å². The van der Waals surface area contributed by atoms with Crippen LogP contribution in [0.5, 0.6) is 11.5 Å². The molecule has 3 aromatic rings. The Labute approximate surface area is 151 Å². The third-order valence-corrected chi connectivity index (χ3v) is 4.14. The lowest BCUT2D eigenvalue weighted by molar-refractivity contribution is -0.120. The van der Waals surface area contributed by atoms with E-state index >= 15 is 0 Å². The van der Waals surface area contributed by atoms with Crippen molar-refractivity contribution in [2.24, 2.45) is 0 Å². The molecule has 1 amide bonds. The lowest BCUT2D eigenvalue weighted by Gasteiger charge is -2.21. The summed E-state index contributed by atoms with van der Waals surface area (Å²) in [5.41, 5.74) is 0.644. The topological polar surface area (TPSA) is 38.8 Å². The number of benzene rings is 3. The van der Waals surface area contributed by atoms with E-state index < -0.39 is 0 Å². The molecule has 0 atom stereocenters. The molecule has 3 rings (SSSR count). The Balaban J connectivity index is 1.71. The van der Waals surface area contributed by atoms with E-state index in [0.29, 0.717) is 18.0 Å². The van der Waals surface area contributed by atoms with E-state index in [1.807, 2.05) is 43.3 Å². The van der Waals surface area contributed by atoms with E-state index in [2.05, 4.69) is 0 Å². The molecule has 0 radical (unpaired) electrons. The average Bonchev–Trinajstić information content (AvgIpc) is 2.67. The van der Waals surface area contributed by atoms with Gasteiger partial charge in [0.2, 0.25) is 0 Å². The quantitative estimate of drug-likeness (QED) is 0.658. The van der Waals surface area contributed by atoms with Gasteiger partial charge in [-0.2, -0.15) is 0 Å². The summed E-state index contributed by atoms with van der Waals surface area (Å²) in [7, 11) is 1.62. The summed E-state index contributed by atoms with van der Waals surface area (Å²) in [4.78, 5) is 14.0. The first-order valence-corrected chi connectivity index (χ1v) is 8.37. The number of nitrogens with zero attached hydrogens (tertiary/aromatic N) is 1. The number of hydrogen-bond donors (Lipinski definition) is 0. The van der Waals surface area contributed by atoms with Crippen LogP contribution in [0.15, 0.2) is 60.7 Å². The molecule has 0 spiro atoms. The van der Waals surface area contributed by atoms with Crippen molar-refractivity contribution in [1.82, 2.24) is 0 Å². The van der Waals surface area contributed by atoms with Gasteiger partial charge in [-0.3, -0.25) is 4.79 Å². The Morgan fingerprint density at radius 2 is 1.62 bits per heavy atom. The fourth-order valence-electron chi connectivity index (χ4n) is 2.77. The van der Waals surface area contributed by atoms with Crippen LogP contribution in [-0.2, 0) is 4.79 Å². The van der Waals surface area contributed by atoms with E-state index in [9.17, 15) is 9.18 Å². The summed E-state index contributed by atoms with van der Waals surface area (Å²) in [5.74, 6) is 0.846. The van der Waals surface area contributed by atoms with E-state index in [0.717, 1.165) is 16.5 Å². The minimum absolute atomic E-state index is 0.0965. The van der Waals surface area contributed by atoms with Crippen LogP contribution in [0, 0.1) is 5.82 Å². The van der Waals surface area contributed by atoms with Crippen LogP contribution in [0.2, 0.25) is 0 Å². The molecule has 4 nitrogen and oxygen atoms in total. The smallest absolute Gasteiger partial charge is 0.264 e. The molecule has 0 unspecified atom stereocenters. The zero-order valence-corrected chi connectivity index (χ0v) is 14.7. The summed E-state index contributed by atoms with van der Waals surface area (Å²) < 4.78 is 24.0. The lowest BCUT2D eigenvalue weighted by Crippen LogP contribution is -2.34. The minimum atomic E-state index is -0.333. The third-order valence-electron chi connectivity index (χ3n) is 4.14. The highest BCUT2D eigenvalue weighted by Crippen LogP contribution is 2.25. The second-order valence-corrected chi connectivity index (χ2v) is 5.78. The molecule has 0 saturated heterocycles. The molecule has 26 heavy (non-hydrogen) atoms. The average molecular weight is 353 g/mol. The molecule has 0 saturated carbocycles. The summed E-state index contributed by atoms with van der Waals surface area (Å²) >= 11 is 0. The van der Waals surface area contributed by atoms with Gasteiger partial charge in [0.1, 0.15) is 17.3 Å². The van der Waals surface area contributed by atoms with Gasteiger partial charge in [0.25, 0.3) is 5.91 Å². The maximum absolute atomic E-state index is 13.1. The normalized spacial score (nSPS) is 10.6. The number of ether oxygens (including phenoxy) is 2. The SMILES string of the molecule is CCN(C(=O)COc1ccc2ccc(OC)cc2c1)c1ccc(F)cc1. The third kappa shape index (κ3) is 3.94. The zero-order valence-electron chi connectivity index (χ0n) is 14.7. The van der Waals surface area contributed by atoms with Crippen LogP contribution in [0.1, 0.15) is 6.92 Å². The number of hydrogen-bond acceptors (Lipinski definition) is 3. The highest BCUT2D eigenvalue weighted by molar-refractivity contribution is 5.94. The highest BCUT2D eigenvalue weighted by atomic mass is 19.1. The van der Waals surface area contributed by atoms with Gasteiger partial charge in [-0.25, -0.2) is 4.39 Å². The number of halogens is 1. The van der Waals surface area contributed by atoms with Gasteiger partial charge < -0.3 is 14.4 Å². The number of methoxy groups -OCH3 is 1. The van der Waals surface area contributed by atoms with Crippen molar-refractivity contribution in [2.75, 3.05) is 25.2 Å². The number of carbonyl (C=O) groups is 1. The van der Waals surface area contributed by atoms with Gasteiger partial charge in [0.05, 0.1) is 7.11 Å². The van der Waals surface area contributed by atoms with E-state index in [1.165, 1.54) is 12.1 Å². The van der Waals surface area contributed by atoms with Crippen LogP contribution in [0.25, 0.3) is 10.8 Å². The Kier molecular flexibility index (Phi) is 5.37. The molecule has 0 fully saturated rings. The van der Waals surface area contributed by atoms with Crippen LogP contribution in [-0.4, -0.2) is 26.2 Å². The van der Waals surface area contributed by atoms with Crippen molar-refractivity contribution < 1.29 is 18.7 Å². The van der Waals surface area contributed by atoms with Crippen molar-refractivity contribution in [3.8, 4) is 11.5 Å². The standard InChI is InChI=1S/C21H20FNO3/c1-3-23(18-8-6-17(22)7-9-18)21(24)14-26-20-11-5-15-4-10-19(25-2)12-16(15)13-20/h4-13H,3,14H2,1-2H3. The van der Waals surface area contributed by atoms with Crippen molar-refractivity contribution in [3.05, 3.63) is 66.5 Å². The molecule has 0 aliphatic rings. The zero-order chi connectivity index (χ0) is 18.5. The van der Waals surface area contributed by atoms with Crippen molar-refractivity contribution in [3.63, 3.8) is 0 Å². The number of likely N-dealkylation sites (N-methyl/N-ethyl adjacent to an activating group) is 1. The van der Waals surface area contributed by atoms with Gasteiger partial charge in [-0.15, -0.1) is 0 Å². The Bertz CT molecular complexity index is 909. The number of fused-ring (bicyclic) bond motifs is 1. The molecule has 134 valence electrons. The molecular formula is C21H20FNO3. The van der Waals surface area contributed by atoms with Gasteiger partial charge >= 0.3 is 0 Å². The number of carbonyl (C=O) groups excluding carboxylic acids is 1. The molecule has 0 bridgehead atoms. The van der Waals surface area contributed by atoms with Crippen LogP contribution in [0.4, 0.5) is 10.1 Å². The maximum atomic E-state index is 13.1. The molecule has 0 heterocycles. The van der Waals surface area contributed by atoms with E-state index in [4.69, 9.17) is 9.47 Å². The molecule has 3 aromatic carbocycles. The highest BCUT2D eigenvalue weighted by Gasteiger charge is 2.14. The number of rotatable bonds is 6. The van der Waals surface area contributed by atoms with E-state index in [1.54, 1.807) is 24.1 Å². The molecule has 0 aromatic heterocycles. The number of anilines is 1. The van der Waals surface area contributed by atoms with Crippen LogP contribution < -0.4 is 14.4 Å². The summed E-state index contributed by atoms with van der Waals surface area (Å²) in [5, 5.41) is 2.03. The molecular weight excluding hydrogens is 333 g/mol. The maximum Gasteiger partial charge on any atom is 0.264 e. The summed E-state index contributed by atoms with van der Waals surface area (Å²) in [6.07, 6.45) is 0. The molecule has 0 N–H and O–H groups in total. The first kappa shape index (κ1) is 17.7. The Hall–Kier alpha value is -3.08. The Morgan fingerprint density at radius 1 is 0.962 bits per heavy atom. The monoisotopic (exact) mass is 353 g/mol. The second kappa shape index (κ2) is 7.87. The van der Waals surface area contributed by atoms with Gasteiger partial charge in [0, 0.05) is 12.2 Å². The number of amides is 1. The Morgan fingerprint density at radius 3 is 2.27 bits per heavy atom. The molecule has 0 aliphatic heterocycles. The first-order chi connectivity index (χ1) is 12.6. The lowest BCUT2D eigenvalue weighted by atomic mass is 10.1. The molecule has 0 aliphatic carbocycles. The predicted molar refractivity (Wildman–Crippen MR) is 100 cm³/mol. The van der Waals surface area contributed by atoms with Gasteiger partial charge in [-0.1, -0.05) is 12.1 Å². The summed E-state index contributed by atoms with van der Waals surface area (Å²) in [6.45, 7) is 2.24.